The summed E-state index contributed by atoms with van der Waals surface area (Å²) >= 11 is 0. The predicted molar refractivity (Wildman–Crippen MR) is 124 cm³/mol. The number of ether oxygens (including phenoxy) is 2. The number of anilines is 2. The summed E-state index contributed by atoms with van der Waals surface area (Å²) < 4.78 is 11.4. The SMILES string of the molecule is CCc1nc(N)nc(N)c1C#CC(C)c1cc2c(c(-c3ccc(CCO)cc3)c1)OCO2. The van der Waals surface area contributed by atoms with E-state index in [4.69, 9.17) is 26.0 Å². The minimum absolute atomic E-state index is 0.0985. The Morgan fingerprint density at radius 2 is 1.91 bits per heavy atom. The van der Waals surface area contributed by atoms with E-state index in [0.717, 1.165) is 33.7 Å². The van der Waals surface area contributed by atoms with Gasteiger partial charge in [-0.05, 0) is 48.6 Å². The van der Waals surface area contributed by atoms with Crippen LogP contribution in [-0.2, 0) is 12.8 Å². The Balaban J connectivity index is 1.70. The number of nitrogens with zero attached hydrogens (tertiary/aromatic N) is 2. The predicted octanol–water partition coefficient (Wildman–Crippen LogP) is 3.29. The van der Waals surface area contributed by atoms with Crippen molar-refractivity contribution in [3.63, 3.8) is 0 Å². The molecule has 0 aliphatic carbocycles. The van der Waals surface area contributed by atoms with Crippen molar-refractivity contribution >= 4 is 11.8 Å². The third-order valence-corrected chi connectivity index (χ3v) is 5.44. The topological polar surface area (TPSA) is 117 Å². The molecule has 32 heavy (non-hydrogen) atoms. The fourth-order valence-electron chi connectivity index (χ4n) is 3.68. The van der Waals surface area contributed by atoms with Crippen molar-refractivity contribution in [3.05, 3.63) is 58.8 Å². The van der Waals surface area contributed by atoms with Crippen molar-refractivity contribution in [2.45, 2.75) is 32.6 Å². The molecule has 7 nitrogen and oxygen atoms in total. The summed E-state index contributed by atoms with van der Waals surface area (Å²) in [7, 11) is 0. The minimum Gasteiger partial charge on any atom is -0.454 e. The molecule has 3 aromatic rings. The second kappa shape index (κ2) is 9.16. The fraction of sp³-hybridized carbons (Fsp3) is 0.280. The first-order valence-electron chi connectivity index (χ1n) is 10.6. The van der Waals surface area contributed by atoms with E-state index in [-0.39, 0.29) is 25.3 Å². The number of fused-ring (bicyclic) bond motifs is 1. The number of aliphatic hydroxyl groups is 1. The lowest BCUT2D eigenvalue weighted by atomic mass is 9.94. The molecule has 0 radical (unpaired) electrons. The summed E-state index contributed by atoms with van der Waals surface area (Å²) in [4.78, 5) is 8.30. The first-order valence-corrected chi connectivity index (χ1v) is 10.6. The quantitative estimate of drug-likeness (QED) is 0.532. The van der Waals surface area contributed by atoms with Crippen LogP contribution in [0.3, 0.4) is 0 Å². The van der Waals surface area contributed by atoms with E-state index < -0.39 is 0 Å². The first-order chi connectivity index (χ1) is 15.5. The highest BCUT2D eigenvalue weighted by Crippen LogP contribution is 2.43. The highest BCUT2D eigenvalue weighted by atomic mass is 16.7. The van der Waals surface area contributed by atoms with Crippen molar-refractivity contribution in [2.24, 2.45) is 0 Å². The molecule has 1 aromatic heterocycles. The summed E-state index contributed by atoms with van der Waals surface area (Å²) in [5.74, 6) is 8.21. The zero-order valence-electron chi connectivity index (χ0n) is 18.2. The molecule has 0 saturated heterocycles. The molecule has 0 bridgehead atoms. The van der Waals surface area contributed by atoms with Crippen molar-refractivity contribution in [1.29, 1.82) is 0 Å². The second-order valence-electron chi connectivity index (χ2n) is 7.61. The number of rotatable bonds is 5. The molecule has 0 saturated carbocycles. The smallest absolute Gasteiger partial charge is 0.231 e. The summed E-state index contributed by atoms with van der Waals surface area (Å²) in [6, 6.07) is 12.1. The monoisotopic (exact) mass is 430 g/mol. The number of benzene rings is 2. The first kappa shape index (κ1) is 21.5. The normalized spacial score (nSPS) is 12.8. The van der Waals surface area contributed by atoms with Crippen LogP contribution in [0.1, 0.15) is 42.1 Å². The molecule has 1 aliphatic heterocycles. The van der Waals surface area contributed by atoms with E-state index in [2.05, 4.69) is 27.9 Å². The molecule has 2 aromatic carbocycles. The maximum atomic E-state index is 9.16. The van der Waals surface area contributed by atoms with Crippen LogP contribution < -0.4 is 20.9 Å². The van der Waals surface area contributed by atoms with Crippen molar-refractivity contribution < 1.29 is 14.6 Å². The molecular weight excluding hydrogens is 404 g/mol. The van der Waals surface area contributed by atoms with Crippen molar-refractivity contribution in [2.75, 3.05) is 24.9 Å². The van der Waals surface area contributed by atoms with Crippen molar-refractivity contribution in [1.82, 2.24) is 9.97 Å². The van der Waals surface area contributed by atoms with Gasteiger partial charge in [-0.25, -0.2) is 4.98 Å². The van der Waals surface area contributed by atoms with E-state index in [0.29, 0.717) is 30.0 Å². The van der Waals surface area contributed by atoms with Gasteiger partial charge in [0.2, 0.25) is 12.7 Å². The zero-order valence-corrected chi connectivity index (χ0v) is 18.2. The number of hydrogen-bond donors (Lipinski definition) is 3. The molecule has 1 atom stereocenters. The van der Waals surface area contributed by atoms with Crippen LogP contribution in [0.2, 0.25) is 0 Å². The van der Waals surface area contributed by atoms with Crippen LogP contribution in [0, 0.1) is 11.8 Å². The van der Waals surface area contributed by atoms with Crippen LogP contribution in [-0.4, -0.2) is 28.5 Å². The molecule has 7 heteroatoms. The number of nitrogen functional groups attached to an aromatic ring is 2. The Kier molecular flexibility index (Phi) is 6.15. The van der Waals surface area contributed by atoms with Crippen LogP contribution >= 0.6 is 0 Å². The third-order valence-electron chi connectivity index (χ3n) is 5.44. The standard InChI is InChI=1S/C25H26N4O3/c1-3-21-19(24(26)29-25(27)28-21)9-4-15(2)18-12-20(23-22(13-18)31-14-32-23)17-7-5-16(6-8-17)10-11-30/h5-8,12-13,15,30H,3,10-11,14H2,1-2H3,(H4,26,27,28,29). The van der Waals surface area contributed by atoms with Gasteiger partial charge in [0.15, 0.2) is 11.5 Å². The molecule has 164 valence electrons. The van der Waals surface area contributed by atoms with Gasteiger partial charge in [0.1, 0.15) is 5.82 Å². The molecule has 1 aliphatic rings. The number of hydrogen-bond acceptors (Lipinski definition) is 7. The summed E-state index contributed by atoms with van der Waals surface area (Å²) in [5.41, 5.74) is 17.2. The van der Waals surface area contributed by atoms with Gasteiger partial charge in [0.25, 0.3) is 0 Å². The van der Waals surface area contributed by atoms with Gasteiger partial charge >= 0.3 is 0 Å². The van der Waals surface area contributed by atoms with Crippen LogP contribution in [0.15, 0.2) is 36.4 Å². The van der Waals surface area contributed by atoms with E-state index >= 15 is 0 Å². The fourth-order valence-corrected chi connectivity index (χ4v) is 3.68. The average Bonchev–Trinajstić information content (AvgIpc) is 3.26. The lowest BCUT2D eigenvalue weighted by Gasteiger charge is -2.12. The van der Waals surface area contributed by atoms with Crippen LogP contribution in [0.5, 0.6) is 11.5 Å². The lowest BCUT2D eigenvalue weighted by Crippen LogP contribution is -2.06. The molecule has 0 spiro atoms. The molecule has 0 fully saturated rings. The van der Waals surface area contributed by atoms with E-state index in [1.807, 2.05) is 44.2 Å². The molecule has 4 rings (SSSR count). The van der Waals surface area contributed by atoms with Gasteiger partial charge < -0.3 is 26.0 Å². The summed E-state index contributed by atoms with van der Waals surface area (Å²) in [6.07, 6.45) is 1.29. The third kappa shape index (κ3) is 4.32. The minimum atomic E-state index is -0.0985. The Labute approximate surface area is 187 Å². The van der Waals surface area contributed by atoms with Gasteiger partial charge in [-0.3, -0.25) is 0 Å². The van der Waals surface area contributed by atoms with Gasteiger partial charge in [-0.2, -0.15) is 4.98 Å². The number of aryl methyl sites for hydroxylation is 1. The Hall–Kier alpha value is -3.76. The maximum Gasteiger partial charge on any atom is 0.231 e. The highest BCUT2D eigenvalue weighted by Gasteiger charge is 2.22. The van der Waals surface area contributed by atoms with Crippen LogP contribution in [0.4, 0.5) is 11.8 Å². The Morgan fingerprint density at radius 3 is 2.62 bits per heavy atom. The molecule has 2 heterocycles. The van der Waals surface area contributed by atoms with E-state index in [1.165, 1.54) is 0 Å². The number of aliphatic hydroxyl groups excluding tert-OH is 1. The van der Waals surface area contributed by atoms with Gasteiger partial charge in [-0.1, -0.05) is 43.0 Å². The number of nitrogens with two attached hydrogens (primary N) is 2. The average molecular weight is 431 g/mol. The van der Waals surface area contributed by atoms with Gasteiger partial charge in [0.05, 0.1) is 11.3 Å². The van der Waals surface area contributed by atoms with Gasteiger partial charge in [0, 0.05) is 18.1 Å². The Morgan fingerprint density at radius 1 is 1.12 bits per heavy atom. The maximum absolute atomic E-state index is 9.16. The molecular formula is C25H26N4O3. The van der Waals surface area contributed by atoms with E-state index in [1.54, 1.807) is 0 Å². The highest BCUT2D eigenvalue weighted by molar-refractivity contribution is 5.76. The molecule has 5 N–H and O–H groups in total. The summed E-state index contributed by atoms with van der Waals surface area (Å²) in [5, 5.41) is 9.16. The largest absolute Gasteiger partial charge is 0.454 e. The lowest BCUT2D eigenvalue weighted by molar-refractivity contribution is 0.174. The summed E-state index contributed by atoms with van der Waals surface area (Å²) in [6.45, 7) is 4.32. The zero-order chi connectivity index (χ0) is 22.7. The Bertz CT molecular complexity index is 1200. The second-order valence-corrected chi connectivity index (χ2v) is 7.61. The van der Waals surface area contributed by atoms with Crippen molar-refractivity contribution in [3.8, 4) is 34.5 Å². The molecule has 0 amide bonds. The number of aromatic nitrogens is 2. The van der Waals surface area contributed by atoms with Crippen LogP contribution in [0.25, 0.3) is 11.1 Å². The van der Waals surface area contributed by atoms with Gasteiger partial charge in [-0.15, -0.1) is 0 Å². The molecule has 1 unspecified atom stereocenters. The van der Waals surface area contributed by atoms with E-state index in [9.17, 15) is 0 Å².